The summed E-state index contributed by atoms with van der Waals surface area (Å²) in [5.41, 5.74) is 1.64. The summed E-state index contributed by atoms with van der Waals surface area (Å²) in [5, 5.41) is 0.614. The summed E-state index contributed by atoms with van der Waals surface area (Å²) in [6, 6.07) is 8.86. The number of carbonyl (C=O) groups excluding carboxylic acids is 2. The number of nitrogens with zero attached hydrogens (tertiary/aromatic N) is 3. The van der Waals surface area contributed by atoms with Gasteiger partial charge in [0, 0.05) is 56.2 Å². The number of amides is 2. The number of hydrogen-bond acceptors (Lipinski definition) is 2. The molecule has 5 nitrogen and oxygen atoms in total. The molecule has 2 heterocycles. The average molecular weight is 346 g/mol. The van der Waals surface area contributed by atoms with Gasteiger partial charge in [0.1, 0.15) is 0 Å². The third-order valence-corrected chi connectivity index (χ3v) is 4.51. The zero-order valence-electron chi connectivity index (χ0n) is 13.6. The molecule has 1 aromatic carbocycles. The van der Waals surface area contributed by atoms with Crippen molar-refractivity contribution in [2.45, 2.75) is 6.42 Å². The Morgan fingerprint density at radius 2 is 1.62 bits per heavy atom. The Kier molecular flexibility index (Phi) is 4.90. The Morgan fingerprint density at radius 3 is 2.21 bits per heavy atom. The van der Waals surface area contributed by atoms with E-state index in [-0.39, 0.29) is 11.8 Å². The van der Waals surface area contributed by atoms with E-state index in [9.17, 15) is 9.59 Å². The zero-order chi connectivity index (χ0) is 17.1. The van der Waals surface area contributed by atoms with E-state index in [2.05, 4.69) is 0 Å². The predicted molar refractivity (Wildman–Crippen MR) is 93.1 cm³/mol. The molecule has 3 rings (SSSR count). The van der Waals surface area contributed by atoms with Gasteiger partial charge in [-0.15, -0.1) is 0 Å². The standard InChI is InChI=1S/C18H20ClN3O2/c1-20-7-6-14(13-20)12-17(23)21-8-10-22(11-9-21)18(24)15-2-4-16(19)5-3-15/h2-7,13H,8-12H2,1H3. The molecule has 0 atom stereocenters. The van der Waals surface area contributed by atoms with Crippen LogP contribution in [0.15, 0.2) is 42.7 Å². The fraction of sp³-hybridized carbons (Fsp3) is 0.333. The van der Waals surface area contributed by atoms with Crippen LogP contribution in [0.2, 0.25) is 5.02 Å². The molecule has 0 aliphatic carbocycles. The van der Waals surface area contributed by atoms with Crippen LogP contribution in [0.1, 0.15) is 15.9 Å². The van der Waals surface area contributed by atoms with Crippen molar-refractivity contribution < 1.29 is 9.59 Å². The van der Waals surface area contributed by atoms with Crippen molar-refractivity contribution in [3.63, 3.8) is 0 Å². The van der Waals surface area contributed by atoms with Crippen LogP contribution in [0.25, 0.3) is 0 Å². The lowest BCUT2D eigenvalue weighted by molar-refractivity contribution is -0.131. The normalized spacial score (nSPS) is 14.8. The van der Waals surface area contributed by atoms with Gasteiger partial charge < -0.3 is 14.4 Å². The lowest BCUT2D eigenvalue weighted by Crippen LogP contribution is -2.51. The Morgan fingerprint density at radius 1 is 1.00 bits per heavy atom. The molecule has 2 aromatic rings. The zero-order valence-corrected chi connectivity index (χ0v) is 14.4. The third kappa shape index (κ3) is 3.79. The average Bonchev–Trinajstić information content (AvgIpc) is 3.00. The molecule has 0 saturated carbocycles. The summed E-state index contributed by atoms with van der Waals surface area (Å²) in [6.07, 6.45) is 4.30. The molecule has 1 saturated heterocycles. The summed E-state index contributed by atoms with van der Waals surface area (Å²) < 4.78 is 1.94. The number of hydrogen-bond donors (Lipinski definition) is 0. The first kappa shape index (κ1) is 16.6. The van der Waals surface area contributed by atoms with Crippen LogP contribution in [-0.4, -0.2) is 52.4 Å². The molecule has 126 valence electrons. The highest BCUT2D eigenvalue weighted by Gasteiger charge is 2.24. The highest BCUT2D eigenvalue weighted by molar-refractivity contribution is 6.30. The Hall–Kier alpha value is -2.27. The van der Waals surface area contributed by atoms with Gasteiger partial charge in [-0.05, 0) is 35.9 Å². The molecule has 0 bridgehead atoms. The number of aryl methyl sites for hydroxylation is 1. The van der Waals surface area contributed by atoms with Crippen molar-refractivity contribution in [2.24, 2.45) is 7.05 Å². The van der Waals surface area contributed by atoms with E-state index in [1.165, 1.54) is 0 Å². The maximum absolute atomic E-state index is 12.5. The molecule has 0 unspecified atom stereocenters. The van der Waals surface area contributed by atoms with Crippen molar-refractivity contribution in [1.29, 1.82) is 0 Å². The monoisotopic (exact) mass is 345 g/mol. The number of benzene rings is 1. The molecule has 0 spiro atoms. The van der Waals surface area contributed by atoms with Gasteiger partial charge in [-0.2, -0.15) is 0 Å². The van der Waals surface area contributed by atoms with Gasteiger partial charge in [0.25, 0.3) is 5.91 Å². The molecular weight excluding hydrogens is 326 g/mol. The topological polar surface area (TPSA) is 45.6 Å². The molecule has 6 heteroatoms. The van der Waals surface area contributed by atoms with E-state index in [0.717, 1.165) is 5.56 Å². The molecule has 1 aliphatic rings. The molecular formula is C18H20ClN3O2. The fourth-order valence-electron chi connectivity index (χ4n) is 2.89. The van der Waals surface area contributed by atoms with Crippen molar-refractivity contribution in [3.05, 3.63) is 58.9 Å². The maximum atomic E-state index is 12.5. The summed E-state index contributed by atoms with van der Waals surface area (Å²) in [4.78, 5) is 28.4. The van der Waals surface area contributed by atoms with Gasteiger partial charge in [0.15, 0.2) is 0 Å². The summed E-state index contributed by atoms with van der Waals surface area (Å²) in [5.74, 6) is 0.0987. The molecule has 2 amide bonds. The SMILES string of the molecule is Cn1ccc(CC(=O)N2CCN(C(=O)c3ccc(Cl)cc3)CC2)c1. The minimum absolute atomic E-state index is 0.0122. The van der Waals surface area contributed by atoms with E-state index in [0.29, 0.717) is 43.2 Å². The van der Waals surface area contributed by atoms with Gasteiger partial charge in [0.05, 0.1) is 6.42 Å². The fourth-order valence-corrected chi connectivity index (χ4v) is 3.01. The van der Waals surface area contributed by atoms with E-state index in [4.69, 9.17) is 11.6 Å². The van der Waals surface area contributed by atoms with Crippen LogP contribution in [-0.2, 0) is 18.3 Å². The van der Waals surface area contributed by atoms with E-state index in [1.807, 2.05) is 35.0 Å². The lowest BCUT2D eigenvalue weighted by atomic mass is 10.1. The second kappa shape index (κ2) is 7.09. The van der Waals surface area contributed by atoms with Crippen molar-refractivity contribution in [3.8, 4) is 0 Å². The van der Waals surface area contributed by atoms with Gasteiger partial charge >= 0.3 is 0 Å². The van der Waals surface area contributed by atoms with Gasteiger partial charge in [-0.25, -0.2) is 0 Å². The maximum Gasteiger partial charge on any atom is 0.253 e. The first-order valence-electron chi connectivity index (χ1n) is 7.96. The van der Waals surface area contributed by atoms with E-state index < -0.39 is 0 Å². The largest absolute Gasteiger partial charge is 0.357 e. The Bertz CT molecular complexity index is 731. The lowest BCUT2D eigenvalue weighted by Gasteiger charge is -2.34. The van der Waals surface area contributed by atoms with Crippen molar-refractivity contribution >= 4 is 23.4 Å². The van der Waals surface area contributed by atoms with Crippen molar-refractivity contribution in [2.75, 3.05) is 26.2 Å². The van der Waals surface area contributed by atoms with E-state index in [1.54, 1.807) is 29.2 Å². The highest BCUT2D eigenvalue weighted by Crippen LogP contribution is 2.14. The first-order valence-corrected chi connectivity index (χ1v) is 8.34. The minimum Gasteiger partial charge on any atom is -0.357 e. The second-order valence-corrected chi connectivity index (χ2v) is 6.48. The van der Waals surface area contributed by atoms with Gasteiger partial charge in [-0.1, -0.05) is 11.6 Å². The molecule has 0 radical (unpaired) electrons. The second-order valence-electron chi connectivity index (χ2n) is 6.04. The van der Waals surface area contributed by atoms with Crippen LogP contribution >= 0.6 is 11.6 Å². The number of rotatable bonds is 3. The molecule has 0 N–H and O–H groups in total. The van der Waals surface area contributed by atoms with Gasteiger partial charge in [0.2, 0.25) is 5.91 Å². The smallest absolute Gasteiger partial charge is 0.253 e. The van der Waals surface area contributed by atoms with Crippen LogP contribution in [0.5, 0.6) is 0 Å². The van der Waals surface area contributed by atoms with E-state index >= 15 is 0 Å². The summed E-state index contributed by atoms with van der Waals surface area (Å²) >= 11 is 5.85. The number of halogens is 1. The van der Waals surface area contributed by atoms with Crippen LogP contribution in [0, 0.1) is 0 Å². The summed E-state index contributed by atoms with van der Waals surface area (Å²) in [6.45, 7) is 2.26. The Labute approximate surface area is 146 Å². The molecule has 24 heavy (non-hydrogen) atoms. The minimum atomic E-state index is -0.0122. The summed E-state index contributed by atoms with van der Waals surface area (Å²) in [7, 11) is 1.94. The number of carbonyl (C=O) groups is 2. The number of aromatic nitrogens is 1. The molecule has 1 aromatic heterocycles. The predicted octanol–water partition coefficient (Wildman–Crippen LogP) is 2.21. The highest BCUT2D eigenvalue weighted by atomic mass is 35.5. The van der Waals surface area contributed by atoms with Gasteiger partial charge in [-0.3, -0.25) is 9.59 Å². The van der Waals surface area contributed by atoms with Crippen LogP contribution < -0.4 is 0 Å². The van der Waals surface area contributed by atoms with Crippen LogP contribution in [0.3, 0.4) is 0 Å². The number of piperazine rings is 1. The third-order valence-electron chi connectivity index (χ3n) is 4.26. The first-order chi connectivity index (χ1) is 11.5. The molecule has 1 fully saturated rings. The van der Waals surface area contributed by atoms with Crippen LogP contribution in [0.4, 0.5) is 0 Å². The van der Waals surface area contributed by atoms with Crippen molar-refractivity contribution in [1.82, 2.24) is 14.4 Å². The Balaban J connectivity index is 1.54. The quantitative estimate of drug-likeness (QED) is 0.856. The molecule has 1 aliphatic heterocycles.